The highest BCUT2D eigenvalue weighted by atomic mass is 16.6. The van der Waals surface area contributed by atoms with Gasteiger partial charge in [-0.05, 0) is 6.92 Å². The number of hydrogen-bond donors (Lipinski definition) is 3. The van der Waals surface area contributed by atoms with Crippen LogP contribution in [0.4, 0.5) is 0 Å². The van der Waals surface area contributed by atoms with Gasteiger partial charge in [-0.15, -0.1) is 0 Å². The third-order valence-corrected chi connectivity index (χ3v) is 2.84. The molecule has 7 heteroatoms. The van der Waals surface area contributed by atoms with Crippen LogP contribution in [0.25, 0.3) is 0 Å². The summed E-state index contributed by atoms with van der Waals surface area (Å²) in [6.45, 7) is 1.26. The molecular weight excluding hydrogens is 229 g/mol. The van der Waals surface area contributed by atoms with E-state index in [1.54, 1.807) is 6.92 Å². The molecule has 1 aromatic rings. The molecule has 1 saturated heterocycles. The summed E-state index contributed by atoms with van der Waals surface area (Å²) in [5.41, 5.74) is -0.643. The van der Waals surface area contributed by atoms with Crippen LogP contribution in [0, 0.1) is 6.92 Å². The summed E-state index contributed by atoms with van der Waals surface area (Å²) in [6.07, 6.45) is -0.581. The van der Waals surface area contributed by atoms with Crippen LogP contribution in [0.15, 0.2) is 15.8 Å². The van der Waals surface area contributed by atoms with Gasteiger partial charge in [0.2, 0.25) is 0 Å². The third kappa shape index (κ3) is 2.17. The van der Waals surface area contributed by atoms with Crippen molar-refractivity contribution in [3.8, 4) is 0 Å². The summed E-state index contributed by atoms with van der Waals surface area (Å²) in [4.78, 5) is 24.9. The Morgan fingerprint density at radius 1 is 1.59 bits per heavy atom. The average Bonchev–Trinajstić information content (AvgIpc) is 2.65. The first-order valence-corrected chi connectivity index (χ1v) is 5.29. The molecule has 94 valence electrons. The lowest BCUT2D eigenvalue weighted by Crippen LogP contribution is -2.33. The third-order valence-electron chi connectivity index (χ3n) is 2.84. The molecule has 0 amide bonds. The second-order valence-electron chi connectivity index (χ2n) is 4.09. The number of aryl methyl sites for hydroxylation is 1. The zero-order valence-corrected chi connectivity index (χ0v) is 9.29. The van der Waals surface area contributed by atoms with Crippen molar-refractivity contribution in [3.05, 3.63) is 32.6 Å². The maximum Gasteiger partial charge on any atom is 0.330 e. The number of H-pyrrole nitrogens is 1. The van der Waals surface area contributed by atoms with Gasteiger partial charge in [0.05, 0.1) is 12.7 Å². The molecule has 0 unspecified atom stereocenters. The largest absolute Gasteiger partial charge is 0.394 e. The van der Waals surface area contributed by atoms with Crippen LogP contribution in [0.3, 0.4) is 0 Å². The summed E-state index contributed by atoms with van der Waals surface area (Å²) < 4.78 is 6.54. The first kappa shape index (κ1) is 12.0. The smallest absolute Gasteiger partial charge is 0.330 e. The molecular formula is C10H14N2O5. The van der Waals surface area contributed by atoms with Gasteiger partial charge in [-0.25, -0.2) is 4.79 Å². The van der Waals surface area contributed by atoms with E-state index in [2.05, 4.69) is 4.98 Å². The Bertz CT molecular complexity index is 520. The molecule has 0 bridgehead atoms. The fourth-order valence-corrected chi connectivity index (χ4v) is 1.85. The Morgan fingerprint density at radius 3 is 2.88 bits per heavy atom. The monoisotopic (exact) mass is 243 g/mol. The number of hydrogen-bond acceptors (Lipinski definition) is 5. The molecule has 0 aromatic carbocycles. The number of rotatable bonds is 2. The molecule has 0 saturated carbocycles. The molecule has 2 heterocycles. The molecule has 1 aromatic heterocycles. The van der Waals surface area contributed by atoms with E-state index in [0.29, 0.717) is 5.56 Å². The van der Waals surface area contributed by atoms with Crippen molar-refractivity contribution in [2.75, 3.05) is 6.61 Å². The quantitative estimate of drug-likeness (QED) is 0.547. The molecule has 7 nitrogen and oxygen atoms in total. The lowest BCUT2D eigenvalue weighted by Gasteiger charge is -2.14. The van der Waals surface area contributed by atoms with Gasteiger partial charge in [0.1, 0.15) is 12.3 Å². The first-order valence-electron chi connectivity index (χ1n) is 5.29. The Hall–Kier alpha value is -1.44. The van der Waals surface area contributed by atoms with E-state index < -0.39 is 29.7 Å². The Morgan fingerprint density at radius 2 is 2.29 bits per heavy atom. The highest BCUT2D eigenvalue weighted by Crippen LogP contribution is 2.27. The van der Waals surface area contributed by atoms with Crippen LogP contribution in [0.1, 0.15) is 18.2 Å². The van der Waals surface area contributed by atoms with Crippen molar-refractivity contribution in [2.24, 2.45) is 0 Å². The van der Waals surface area contributed by atoms with E-state index in [1.807, 2.05) is 0 Å². The van der Waals surface area contributed by atoms with Crippen molar-refractivity contribution < 1.29 is 14.9 Å². The molecule has 2 rings (SSSR count). The maximum absolute atomic E-state index is 11.6. The van der Waals surface area contributed by atoms with Gasteiger partial charge in [-0.2, -0.15) is 0 Å². The van der Waals surface area contributed by atoms with Crippen LogP contribution in [-0.4, -0.2) is 38.6 Å². The van der Waals surface area contributed by atoms with E-state index in [0.717, 1.165) is 0 Å². The Balaban J connectivity index is 2.34. The Kier molecular flexibility index (Phi) is 3.14. The summed E-state index contributed by atoms with van der Waals surface area (Å²) >= 11 is 0. The summed E-state index contributed by atoms with van der Waals surface area (Å²) in [6, 6.07) is 0. The minimum absolute atomic E-state index is 0.205. The standard InChI is InChI=1S/C10H14N2O5/c1-5-3-12(10(16)11-9(5)15)8-2-6(14)7(4-13)17-8/h3,6-8,13-14H,2,4H2,1H3,(H,11,15,16)/t6-,7+,8+/m0/s1/i2+1. The molecule has 17 heavy (non-hydrogen) atoms. The highest BCUT2D eigenvalue weighted by Gasteiger charge is 2.34. The SMILES string of the molecule is Cc1cn([C@H]2[13CH2][C@H](O)[C@@H](CO)O2)c(=O)[nH]c1=O. The van der Waals surface area contributed by atoms with Crippen molar-refractivity contribution >= 4 is 0 Å². The van der Waals surface area contributed by atoms with E-state index in [9.17, 15) is 14.7 Å². The summed E-state index contributed by atoms with van der Waals surface area (Å²) in [7, 11) is 0. The molecule has 0 aliphatic carbocycles. The van der Waals surface area contributed by atoms with Gasteiger partial charge in [-0.3, -0.25) is 14.3 Å². The van der Waals surface area contributed by atoms with E-state index >= 15 is 0 Å². The lowest BCUT2D eigenvalue weighted by atomic mass is 10.3. The molecule has 1 aliphatic heterocycles. The van der Waals surface area contributed by atoms with Gasteiger partial charge in [-0.1, -0.05) is 0 Å². The predicted molar refractivity (Wildman–Crippen MR) is 57.7 cm³/mol. The lowest BCUT2D eigenvalue weighted by molar-refractivity contribution is -0.0459. The second kappa shape index (κ2) is 4.44. The zero-order valence-electron chi connectivity index (χ0n) is 9.29. The topological polar surface area (TPSA) is 105 Å². The van der Waals surface area contributed by atoms with Gasteiger partial charge < -0.3 is 14.9 Å². The highest BCUT2D eigenvalue weighted by molar-refractivity contribution is 5.02. The number of nitrogens with one attached hydrogen (secondary N) is 1. The number of aliphatic hydroxyl groups is 2. The molecule has 0 radical (unpaired) electrons. The normalized spacial score (nSPS) is 28.5. The summed E-state index contributed by atoms with van der Waals surface area (Å²) in [5, 5.41) is 18.5. The summed E-state index contributed by atoms with van der Waals surface area (Å²) in [5.74, 6) is 0. The van der Waals surface area contributed by atoms with Gasteiger partial charge >= 0.3 is 5.69 Å². The van der Waals surface area contributed by atoms with E-state index in [1.165, 1.54) is 10.8 Å². The van der Waals surface area contributed by atoms with Crippen LogP contribution in [0.2, 0.25) is 0 Å². The average molecular weight is 243 g/mol. The van der Waals surface area contributed by atoms with Crippen LogP contribution in [0.5, 0.6) is 0 Å². The van der Waals surface area contributed by atoms with Crippen molar-refractivity contribution in [3.63, 3.8) is 0 Å². The van der Waals surface area contributed by atoms with Crippen LogP contribution >= 0.6 is 0 Å². The van der Waals surface area contributed by atoms with Crippen molar-refractivity contribution in [1.82, 2.24) is 9.55 Å². The molecule has 3 N–H and O–H groups in total. The number of aromatic nitrogens is 2. The number of ether oxygens (including phenoxy) is 1. The van der Waals surface area contributed by atoms with Crippen molar-refractivity contribution in [1.29, 1.82) is 0 Å². The molecule has 0 spiro atoms. The number of aromatic amines is 1. The first-order chi connectivity index (χ1) is 8.02. The zero-order chi connectivity index (χ0) is 12.6. The number of nitrogens with zero attached hydrogens (tertiary/aromatic N) is 1. The van der Waals surface area contributed by atoms with Crippen LogP contribution < -0.4 is 11.2 Å². The van der Waals surface area contributed by atoms with E-state index in [4.69, 9.17) is 9.84 Å². The molecule has 1 aliphatic rings. The van der Waals surface area contributed by atoms with Gasteiger partial charge in [0.15, 0.2) is 0 Å². The Labute approximate surface area is 96.3 Å². The molecule has 1 fully saturated rings. The fraction of sp³-hybridized carbons (Fsp3) is 0.600. The fourth-order valence-electron chi connectivity index (χ4n) is 1.85. The van der Waals surface area contributed by atoms with E-state index in [-0.39, 0.29) is 13.0 Å². The predicted octanol–water partition coefficient (Wildman–Crippen LogP) is -1.51. The minimum atomic E-state index is -0.816. The van der Waals surface area contributed by atoms with Crippen molar-refractivity contribution in [2.45, 2.75) is 31.8 Å². The minimum Gasteiger partial charge on any atom is -0.394 e. The second-order valence-corrected chi connectivity index (χ2v) is 4.09. The van der Waals surface area contributed by atoms with Gasteiger partial charge in [0, 0.05) is 18.2 Å². The maximum atomic E-state index is 11.6. The van der Waals surface area contributed by atoms with Crippen LogP contribution in [-0.2, 0) is 4.74 Å². The van der Waals surface area contributed by atoms with Gasteiger partial charge in [0.25, 0.3) is 5.56 Å². The number of aliphatic hydroxyl groups excluding tert-OH is 2. The molecule has 3 atom stereocenters.